The molecule has 4 nitrogen and oxygen atoms in total. The van der Waals surface area contributed by atoms with E-state index in [-0.39, 0.29) is 5.91 Å². The minimum absolute atomic E-state index is 0.0292. The minimum Gasteiger partial charge on any atom is -0.301 e. The highest BCUT2D eigenvalue weighted by molar-refractivity contribution is 7.15. The zero-order valence-corrected chi connectivity index (χ0v) is 12.4. The zero-order chi connectivity index (χ0) is 13.9. The molecule has 6 heteroatoms. The molecule has 104 valence electrons. The fourth-order valence-electron chi connectivity index (χ4n) is 1.87. The van der Waals surface area contributed by atoms with Gasteiger partial charge in [-0.3, -0.25) is 4.79 Å². The van der Waals surface area contributed by atoms with Crippen molar-refractivity contribution in [1.29, 1.82) is 0 Å². The zero-order valence-electron chi connectivity index (χ0n) is 10.8. The third-order valence-corrected chi connectivity index (χ3v) is 4.42. The van der Waals surface area contributed by atoms with Gasteiger partial charge in [-0.2, -0.15) is 0 Å². The number of carbonyl (C=O) groups is 1. The number of hydrogen-bond acceptors (Lipinski definition) is 4. The Hall–Kier alpha value is -1.46. The first kappa shape index (κ1) is 13.5. The lowest BCUT2D eigenvalue weighted by Gasteiger charge is -2.02. The molecule has 1 heterocycles. The summed E-state index contributed by atoms with van der Waals surface area (Å²) in [7, 11) is 0. The van der Waals surface area contributed by atoms with Crippen LogP contribution in [0.1, 0.15) is 35.8 Å². The lowest BCUT2D eigenvalue weighted by Crippen LogP contribution is -2.12. The maximum Gasteiger partial charge on any atom is 0.226 e. The first-order valence-corrected chi connectivity index (χ1v) is 7.78. The molecule has 0 unspecified atom stereocenters. The molecule has 1 amide bonds. The number of rotatable bonds is 5. The monoisotopic (exact) mass is 307 g/mol. The molecule has 20 heavy (non-hydrogen) atoms. The fraction of sp³-hybridized carbons (Fsp3) is 0.357. The molecule has 1 aliphatic rings. The topological polar surface area (TPSA) is 54.9 Å². The van der Waals surface area contributed by atoms with Crippen LogP contribution in [-0.2, 0) is 11.2 Å². The van der Waals surface area contributed by atoms with Crippen molar-refractivity contribution in [3.8, 4) is 0 Å². The van der Waals surface area contributed by atoms with Crippen LogP contribution in [0.3, 0.4) is 0 Å². The Balaban J connectivity index is 1.49. The van der Waals surface area contributed by atoms with Crippen LogP contribution in [0, 0.1) is 0 Å². The molecule has 0 saturated heterocycles. The average Bonchev–Trinajstić information content (AvgIpc) is 3.19. The summed E-state index contributed by atoms with van der Waals surface area (Å²) in [5.74, 6) is 0.547. The molecule has 1 fully saturated rings. The van der Waals surface area contributed by atoms with Crippen molar-refractivity contribution < 1.29 is 4.79 Å². The number of amides is 1. The third-order valence-electron chi connectivity index (χ3n) is 3.17. The van der Waals surface area contributed by atoms with Crippen LogP contribution in [0.25, 0.3) is 0 Å². The number of nitrogens with zero attached hydrogens (tertiary/aromatic N) is 2. The van der Waals surface area contributed by atoms with Crippen LogP contribution in [-0.4, -0.2) is 16.1 Å². The molecule has 1 aliphatic carbocycles. The van der Waals surface area contributed by atoms with E-state index < -0.39 is 0 Å². The van der Waals surface area contributed by atoms with E-state index in [4.69, 9.17) is 11.6 Å². The molecular formula is C14H14ClN3OS. The number of halogens is 1. The van der Waals surface area contributed by atoms with Gasteiger partial charge in [0.05, 0.1) is 0 Å². The summed E-state index contributed by atoms with van der Waals surface area (Å²) in [5.41, 5.74) is 1.10. The van der Waals surface area contributed by atoms with Crippen molar-refractivity contribution in [1.82, 2.24) is 10.2 Å². The van der Waals surface area contributed by atoms with Crippen molar-refractivity contribution in [3.63, 3.8) is 0 Å². The van der Waals surface area contributed by atoms with Crippen molar-refractivity contribution in [3.05, 3.63) is 39.9 Å². The van der Waals surface area contributed by atoms with E-state index in [2.05, 4.69) is 15.5 Å². The van der Waals surface area contributed by atoms with E-state index in [9.17, 15) is 4.79 Å². The number of carbonyl (C=O) groups excluding carboxylic acids is 1. The molecule has 1 N–H and O–H groups in total. The Labute approximate surface area is 126 Å². The summed E-state index contributed by atoms with van der Waals surface area (Å²) in [4.78, 5) is 11.8. The normalized spacial score (nSPS) is 14.2. The maximum absolute atomic E-state index is 11.8. The lowest BCUT2D eigenvalue weighted by atomic mass is 10.1. The van der Waals surface area contributed by atoms with E-state index >= 15 is 0 Å². The Morgan fingerprint density at radius 3 is 2.75 bits per heavy atom. The number of anilines is 1. The van der Waals surface area contributed by atoms with Gasteiger partial charge in [-0.25, -0.2) is 0 Å². The van der Waals surface area contributed by atoms with Crippen LogP contribution in [0.15, 0.2) is 24.3 Å². The van der Waals surface area contributed by atoms with E-state index in [1.165, 1.54) is 24.2 Å². The van der Waals surface area contributed by atoms with Gasteiger partial charge in [-0.05, 0) is 37.0 Å². The van der Waals surface area contributed by atoms with Crippen molar-refractivity contribution >= 4 is 34.0 Å². The predicted molar refractivity (Wildman–Crippen MR) is 80.3 cm³/mol. The number of benzene rings is 1. The van der Waals surface area contributed by atoms with Crippen molar-refractivity contribution in [2.75, 3.05) is 5.32 Å². The SMILES string of the molecule is O=C(CCc1ccc(Cl)cc1)Nc1nnc(C2CC2)s1. The van der Waals surface area contributed by atoms with Gasteiger partial charge < -0.3 is 5.32 Å². The largest absolute Gasteiger partial charge is 0.301 e. The first-order chi connectivity index (χ1) is 9.70. The van der Waals surface area contributed by atoms with Gasteiger partial charge in [0.25, 0.3) is 0 Å². The average molecular weight is 308 g/mol. The second kappa shape index (κ2) is 5.89. The number of hydrogen-bond donors (Lipinski definition) is 1. The van der Waals surface area contributed by atoms with Crippen LogP contribution >= 0.6 is 22.9 Å². The minimum atomic E-state index is -0.0292. The molecule has 1 aromatic heterocycles. The van der Waals surface area contributed by atoms with Gasteiger partial charge in [0, 0.05) is 17.4 Å². The first-order valence-electron chi connectivity index (χ1n) is 6.58. The molecule has 1 aromatic carbocycles. The van der Waals surface area contributed by atoms with E-state index in [1.54, 1.807) is 0 Å². The molecule has 3 rings (SSSR count). The molecule has 0 bridgehead atoms. The summed E-state index contributed by atoms with van der Waals surface area (Å²) in [6.07, 6.45) is 3.51. The second-order valence-electron chi connectivity index (χ2n) is 4.89. The molecule has 1 saturated carbocycles. The molecule has 0 spiro atoms. The molecule has 0 aliphatic heterocycles. The summed E-state index contributed by atoms with van der Waals surface area (Å²) >= 11 is 7.31. The smallest absolute Gasteiger partial charge is 0.226 e. The highest BCUT2D eigenvalue weighted by Gasteiger charge is 2.27. The van der Waals surface area contributed by atoms with Gasteiger partial charge in [0.2, 0.25) is 11.0 Å². The standard InChI is InChI=1S/C14H14ClN3OS/c15-11-6-1-9(2-7-11)3-8-12(19)16-14-18-17-13(20-14)10-4-5-10/h1-2,6-7,10H,3-5,8H2,(H,16,18,19). The third kappa shape index (κ3) is 3.55. The molecule has 0 atom stereocenters. The Morgan fingerprint density at radius 2 is 2.05 bits per heavy atom. The van der Waals surface area contributed by atoms with E-state index in [0.717, 1.165) is 10.6 Å². The lowest BCUT2D eigenvalue weighted by molar-refractivity contribution is -0.116. The van der Waals surface area contributed by atoms with Crippen molar-refractivity contribution in [2.24, 2.45) is 0 Å². The van der Waals surface area contributed by atoms with Crippen molar-refractivity contribution in [2.45, 2.75) is 31.6 Å². The summed E-state index contributed by atoms with van der Waals surface area (Å²) in [6.45, 7) is 0. The number of nitrogens with one attached hydrogen (secondary N) is 1. The quantitative estimate of drug-likeness (QED) is 0.917. The Morgan fingerprint density at radius 1 is 1.30 bits per heavy atom. The fourth-order valence-corrected chi connectivity index (χ4v) is 2.93. The summed E-state index contributed by atoms with van der Waals surface area (Å²) in [5, 5.41) is 13.3. The maximum atomic E-state index is 11.8. The molecular weight excluding hydrogens is 294 g/mol. The predicted octanol–water partition coefficient (Wildman–Crippen LogP) is 3.64. The van der Waals surface area contributed by atoms with Gasteiger partial charge in [-0.1, -0.05) is 35.1 Å². The Bertz CT molecular complexity index is 607. The van der Waals surface area contributed by atoms with E-state index in [0.29, 0.717) is 28.9 Å². The second-order valence-corrected chi connectivity index (χ2v) is 6.34. The highest BCUT2D eigenvalue weighted by Crippen LogP contribution is 2.42. The molecule has 2 aromatic rings. The van der Waals surface area contributed by atoms with Crippen LogP contribution in [0.2, 0.25) is 5.02 Å². The van der Waals surface area contributed by atoms with Gasteiger partial charge in [0.1, 0.15) is 5.01 Å². The van der Waals surface area contributed by atoms with E-state index in [1.807, 2.05) is 24.3 Å². The van der Waals surface area contributed by atoms with Gasteiger partial charge in [0.15, 0.2) is 0 Å². The van der Waals surface area contributed by atoms with Crippen LogP contribution in [0.4, 0.5) is 5.13 Å². The van der Waals surface area contributed by atoms with Crippen LogP contribution < -0.4 is 5.32 Å². The van der Waals surface area contributed by atoms with Gasteiger partial charge >= 0.3 is 0 Å². The van der Waals surface area contributed by atoms with Gasteiger partial charge in [-0.15, -0.1) is 10.2 Å². The number of aromatic nitrogens is 2. The highest BCUT2D eigenvalue weighted by atomic mass is 35.5. The summed E-state index contributed by atoms with van der Waals surface area (Å²) in [6, 6.07) is 7.54. The Kier molecular flexibility index (Phi) is 3.98. The van der Waals surface area contributed by atoms with Crippen LogP contribution in [0.5, 0.6) is 0 Å². The molecule has 0 radical (unpaired) electrons. The summed E-state index contributed by atoms with van der Waals surface area (Å²) < 4.78 is 0. The number of aryl methyl sites for hydroxylation is 1.